The molecule has 2 aliphatic rings. The molecule has 0 atom stereocenters. The number of thioether (sulfide) groups is 2. The number of thiazole rings is 1. The Morgan fingerprint density at radius 2 is 1.66 bits per heavy atom. The molecule has 200 valence electrons. The molecule has 2 N–H and O–H groups in total. The first-order chi connectivity index (χ1) is 18.0. The summed E-state index contributed by atoms with van der Waals surface area (Å²) >= 11 is 8.71. The van der Waals surface area contributed by atoms with Crippen LogP contribution in [0, 0.1) is 13.8 Å². The van der Waals surface area contributed by atoms with E-state index in [1.54, 1.807) is 11.8 Å². The van der Waals surface area contributed by atoms with Gasteiger partial charge in [-0.15, -0.1) is 11.3 Å². The predicted octanol–water partition coefficient (Wildman–Crippen LogP) is 2.70. The molecule has 9 nitrogen and oxygen atoms in total. The minimum atomic E-state index is -1.24. The second-order valence-corrected chi connectivity index (χ2v) is 12.3. The van der Waals surface area contributed by atoms with Gasteiger partial charge in [0.1, 0.15) is 27.0 Å². The zero-order valence-electron chi connectivity index (χ0n) is 21.1. The third-order valence-electron chi connectivity index (χ3n) is 6.15. The van der Waals surface area contributed by atoms with Crippen molar-refractivity contribution in [2.45, 2.75) is 45.6 Å². The van der Waals surface area contributed by atoms with Crippen molar-refractivity contribution in [1.29, 1.82) is 0 Å². The second kappa shape index (κ2) is 11.1. The van der Waals surface area contributed by atoms with Gasteiger partial charge in [0.2, 0.25) is 0 Å². The van der Waals surface area contributed by atoms with Crippen molar-refractivity contribution >= 4 is 85.4 Å². The van der Waals surface area contributed by atoms with Gasteiger partial charge < -0.3 is 15.1 Å². The lowest BCUT2D eigenvalue weighted by molar-refractivity contribution is -0.140. The van der Waals surface area contributed by atoms with Crippen molar-refractivity contribution < 1.29 is 24.6 Å². The third-order valence-corrected chi connectivity index (χ3v) is 10.1. The van der Waals surface area contributed by atoms with Crippen molar-refractivity contribution in [1.82, 2.24) is 9.47 Å². The molecule has 1 aromatic heterocycles. The summed E-state index contributed by atoms with van der Waals surface area (Å²) in [5, 5.41) is 19.6. The number of amides is 1. The van der Waals surface area contributed by atoms with Crippen molar-refractivity contribution in [3.05, 3.63) is 53.9 Å². The first-order valence-electron chi connectivity index (χ1n) is 11.7. The highest BCUT2D eigenvalue weighted by molar-refractivity contribution is 8.30. The topological polar surface area (TPSA) is 120 Å². The fraction of sp³-hybridized carbons (Fsp3) is 0.320. The Labute approximate surface area is 236 Å². The van der Waals surface area contributed by atoms with Crippen LogP contribution in [0.5, 0.6) is 0 Å². The number of fused-ring (bicyclic) bond motifs is 1. The molecule has 38 heavy (non-hydrogen) atoms. The van der Waals surface area contributed by atoms with Crippen LogP contribution in [0.1, 0.15) is 31.4 Å². The Kier molecular flexibility index (Phi) is 8.21. The first kappa shape index (κ1) is 28.1. The summed E-state index contributed by atoms with van der Waals surface area (Å²) in [5.74, 6) is -3.12. The number of aromatic nitrogens is 1. The average molecular weight is 592 g/mol. The normalized spacial score (nSPS) is 18.5. The van der Waals surface area contributed by atoms with Gasteiger partial charge in [-0.3, -0.25) is 28.6 Å². The molecular formula is C25H25N3O6S4. The van der Waals surface area contributed by atoms with Crippen LogP contribution in [0.4, 0.5) is 5.69 Å². The van der Waals surface area contributed by atoms with Crippen molar-refractivity contribution in [3.8, 4) is 0 Å². The lowest BCUT2D eigenvalue weighted by atomic mass is 10.1. The van der Waals surface area contributed by atoms with E-state index in [0.717, 1.165) is 54.7 Å². The zero-order chi connectivity index (χ0) is 27.9. The minimum absolute atomic E-state index is 0.0442. The van der Waals surface area contributed by atoms with E-state index in [9.17, 15) is 24.3 Å². The van der Waals surface area contributed by atoms with Crippen LogP contribution in [0.15, 0.2) is 32.9 Å². The third kappa shape index (κ3) is 5.20. The lowest BCUT2D eigenvalue weighted by Gasteiger charge is -2.19. The molecule has 2 aromatic rings. The van der Waals surface area contributed by atoms with E-state index in [0.29, 0.717) is 16.5 Å². The maximum Gasteiger partial charge on any atom is 0.323 e. The number of carboxylic acid groups (broad SMARTS) is 2. The number of carbonyl (C=O) groups is 3. The van der Waals surface area contributed by atoms with Gasteiger partial charge in [-0.25, -0.2) is 0 Å². The van der Waals surface area contributed by atoms with Crippen molar-refractivity contribution in [3.63, 3.8) is 0 Å². The van der Waals surface area contributed by atoms with Gasteiger partial charge in [0.15, 0.2) is 0 Å². The van der Waals surface area contributed by atoms with Gasteiger partial charge >= 0.3 is 11.9 Å². The second-order valence-electron chi connectivity index (χ2n) is 8.62. The summed E-state index contributed by atoms with van der Waals surface area (Å²) in [5.41, 5.74) is 3.69. The van der Waals surface area contributed by atoms with Crippen molar-refractivity contribution in [2.75, 3.05) is 18.0 Å². The number of rotatable bonds is 7. The number of anilines is 1. The Morgan fingerprint density at radius 3 is 2.26 bits per heavy atom. The molecule has 0 bridgehead atoms. The molecule has 0 radical (unpaired) electrons. The molecule has 0 unspecified atom stereocenters. The van der Waals surface area contributed by atoms with E-state index in [2.05, 4.69) is 37.8 Å². The Morgan fingerprint density at radius 1 is 1.00 bits per heavy atom. The smallest absolute Gasteiger partial charge is 0.323 e. The van der Waals surface area contributed by atoms with Gasteiger partial charge in [0.25, 0.3) is 11.5 Å². The predicted molar refractivity (Wildman–Crippen MR) is 155 cm³/mol. The largest absolute Gasteiger partial charge is 0.480 e. The monoisotopic (exact) mass is 591 g/mol. The highest BCUT2D eigenvalue weighted by Crippen LogP contribution is 2.47. The highest BCUT2D eigenvalue weighted by atomic mass is 32.2. The van der Waals surface area contributed by atoms with Crippen molar-refractivity contribution in [2.24, 2.45) is 0 Å². The molecule has 1 amide bonds. The maximum atomic E-state index is 13.5. The molecule has 0 saturated carbocycles. The van der Waals surface area contributed by atoms with E-state index in [1.807, 2.05) is 13.0 Å². The summed E-state index contributed by atoms with van der Waals surface area (Å²) in [7, 11) is 0. The summed E-state index contributed by atoms with van der Waals surface area (Å²) < 4.78 is 1.59. The van der Waals surface area contributed by atoms with Crippen LogP contribution >= 0.6 is 47.1 Å². The number of hydrogen-bond donors (Lipinski definition) is 2. The van der Waals surface area contributed by atoms with Gasteiger partial charge in [-0.2, -0.15) is 0 Å². The van der Waals surface area contributed by atoms with Crippen LogP contribution in [0.25, 0.3) is 10.5 Å². The Hall–Kier alpha value is -2.87. The quantitative estimate of drug-likeness (QED) is 0.465. The molecular weight excluding hydrogens is 567 g/mol. The maximum absolute atomic E-state index is 13.5. The van der Waals surface area contributed by atoms with Gasteiger partial charge in [-0.05, 0) is 62.1 Å². The van der Waals surface area contributed by atoms with Crippen LogP contribution in [0.2, 0.25) is 0 Å². The van der Waals surface area contributed by atoms with Crippen LogP contribution in [-0.4, -0.2) is 54.9 Å². The number of aryl methyl sites for hydroxylation is 2. The first-order valence-corrected chi connectivity index (χ1v) is 14.5. The summed E-state index contributed by atoms with van der Waals surface area (Å²) in [6.45, 7) is 7.58. The Balaban J connectivity index is 1.93. The standard InChI is InChI=1S/C25H25N3O6S4/c1-5-14(9-17-26(6-2)15-7-12(3)13(4)8-16(15)36-17)20-22(33)27(10-18(29)30)24(37-20)21-23(34)28(11-19(31)32)25(35)38-21/h7-9H,5-6,10-11H2,1-4H3,(H,29,30)(H,31,32). The lowest BCUT2D eigenvalue weighted by Crippen LogP contribution is -2.37. The van der Waals surface area contributed by atoms with Gasteiger partial charge in [0.05, 0.1) is 15.2 Å². The number of benzene rings is 1. The molecule has 13 heteroatoms. The van der Waals surface area contributed by atoms with E-state index in [-0.39, 0.29) is 13.9 Å². The van der Waals surface area contributed by atoms with Gasteiger partial charge in [-0.1, -0.05) is 42.7 Å². The molecule has 2 aliphatic heterocycles. The molecule has 1 fully saturated rings. The minimum Gasteiger partial charge on any atom is -0.480 e. The summed E-state index contributed by atoms with van der Waals surface area (Å²) in [6.07, 6.45) is 2.45. The van der Waals surface area contributed by atoms with Crippen LogP contribution in [0.3, 0.4) is 0 Å². The number of allylic oxidation sites excluding steroid dienone is 1. The highest BCUT2D eigenvalue weighted by Gasteiger charge is 2.35. The molecule has 0 aliphatic carbocycles. The number of hydrogen-bond acceptors (Lipinski definition) is 9. The number of aliphatic carboxylic acids is 2. The number of carboxylic acids is 2. The summed E-state index contributed by atoms with van der Waals surface area (Å²) in [6, 6.07) is 4.31. The molecule has 1 saturated heterocycles. The van der Waals surface area contributed by atoms with E-state index in [4.69, 9.17) is 17.3 Å². The molecule has 3 heterocycles. The van der Waals surface area contributed by atoms with Crippen LogP contribution in [-0.2, 0) is 20.9 Å². The van der Waals surface area contributed by atoms with E-state index >= 15 is 0 Å². The van der Waals surface area contributed by atoms with E-state index in [1.165, 1.54) is 11.1 Å². The summed E-state index contributed by atoms with van der Waals surface area (Å²) in [4.78, 5) is 53.7. The zero-order valence-corrected chi connectivity index (χ0v) is 24.3. The molecule has 0 spiro atoms. The molecule has 4 rings (SSSR count). The number of carbonyl (C=O) groups excluding carboxylic acids is 1. The van der Waals surface area contributed by atoms with E-state index < -0.39 is 36.5 Å². The number of nitrogens with zero attached hydrogens (tertiary/aromatic N) is 3. The molecule has 1 aromatic carbocycles. The fourth-order valence-corrected chi connectivity index (χ4v) is 8.03. The SMILES string of the molecule is CCC(C=C1Sc2cc(C)c(C)cc2N1CC)=c1sc(=C2SC(=S)N(CC(=O)O)C2=O)n(CC(=O)O)c1=O. The Bertz CT molecular complexity index is 1600. The number of thiocarbonyl (C=S) groups is 1. The fourth-order valence-electron chi connectivity index (χ4n) is 4.12. The van der Waals surface area contributed by atoms with Gasteiger partial charge in [0, 0.05) is 11.4 Å². The van der Waals surface area contributed by atoms with Crippen LogP contribution < -0.4 is 19.7 Å². The average Bonchev–Trinajstić information content (AvgIpc) is 3.44.